The van der Waals surface area contributed by atoms with Gasteiger partial charge in [-0.2, -0.15) is 5.10 Å². The van der Waals surface area contributed by atoms with Crippen LogP contribution in [0.2, 0.25) is 5.02 Å². The molecule has 0 aliphatic heterocycles. The lowest BCUT2D eigenvalue weighted by Gasteiger charge is -2.23. The summed E-state index contributed by atoms with van der Waals surface area (Å²) in [5, 5.41) is 15.5. The molecule has 0 bridgehead atoms. The van der Waals surface area contributed by atoms with E-state index >= 15 is 0 Å². The molecule has 4 nitrogen and oxygen atoms in total. The molecule has 6 heteroatoms. The molecule has 1 atom stereocenters. The number of aryl methyl sites for hydroxylation is 2. The third-order valence-corrected chi connectivity index (χ3v) is 3.78. The number of hydrogen-bond donors (Lipinski definition) is 1. The van der Waals surface area contributed by atoms with Gasteiger partial charge in [0.2, 0.25) is 0 Å². The Hall–Kier alpha value is -1.46. The maximum absolute atomic E-state index is 13.2. The Balaban J connectivity index is 2.35. The summed E-state index contributed by atoms with van der Waals surface area (Å²) in [6, 6.07) is 1.28. The van der Waals surface area contributed by atoms with Crippen LogP contribution >= 0.6 is 11.6 Å². The van der Waals surface area contributed by atoms with E-state index in [0.717, 1.165) is 24.0 Å². The lowest BCUT2D eigenvalue weighted by Crippen LogP contribution is -2.26. The third kappa shape index (κ3) is 2.83. The quantitative estimate of drug-likeness (QED) is 0.944. The second-order valence-electron chi connectivity index (χ2n) is 5.03. The van der Waals surface area contributed by atoms with Crippen molar-refractivity contribution in [3.8, 4) is 0 Å². The van der Waals surface area contributed by atoms with Gasteiger partial charge < -0.3 is 5.11 Å². The fraction of sp³-hybridized carbons (Fsp3) is 0.429. The molecule has 0 radical (unpaired) electrons. The van der Waals surface area contributed by atoms with E-state index in [2.05, 4.69) is 10.1 Å². The maximum Gasteiger partial charge on any atom is 0.141 e. The Labute approximate surface area is 122 Å². The average Bonchev–Trinajstić information content (AvgIpc) is 2.66. The molecule has 1 unspecified atom stereocenters. The first-order valence-electron chi connectivity index (χ1n) is 6.38. The Bertz CT molecular complexity index is 625. The van der Waals surface area contributed by atoms with E-state index in [1.54, 1.807) is 18.7 Å². The molecule has 0 spiro atoms. The molecule has 2 rings (SSSR count). The Kier molecular flexibility index (Phi) is 4.11. The van der Waals surface area contributed by atoms with Crippen LogP contribution in [-0.4, -0.2) is 19.9 Å². The predicted octanol–water partition coefficient (Wildman–Crippen LogP) is 2.62. The van der Waals surface area contributed by atoms with Crippen molar-refractivity contribution >= 4 is 11.6 Å². The number of aromatic nitrogens is 3. The van der Waals surface area contributed by atoms with Gasteiger partial charge in [0, 0.05) is 25.2 Å². The van der Waals surface area contributed by atoms with Gasteiger partial charge in [-0.3, -0.25) is 9.67 Å². The summed E-state index contributed by atoms with van der Waals surface area (Å²) in [5.41, 5.74) is 0.653. The maximum atomic E-state index is 13.2. The molecule has 0 amide bonds. The summed E-state index contributed by atoms with van der Waals surface area (Å²) in [5.74, 6) is -0.479. The molecular formula is C14H17ClFN3O. The van der Waals surface area contributed by atoms with Crippen LogP contribution in [0, 0.1) is 5.82 Å². The molecule has 0 aliphatic rings. The first-order chi connectivity index (χ1) is 9.35. The monoisotopic (exact) mass is 297 g/mol. The van der Waals surface area contributed by atoms with E-state index in [1.165, 1.54) is 12.3 Å². The molecule has 0 saturated carbocycles. The van der Waals surface area contributed by atoms with E-state index in [0.29, 0.717) is 10.6 Å². The number of pyridine rings is 1. The normalized spacial score (nSPS) is 14.3. The fourth-order valence-corrected chi connectivity index (χ4v) is 2.51. The molecule has 108 valence electrons. The fourth-order valence-electron chi connectivity index (χ4n) is 2.15. The van der Waals surface area contributed by atoms with Gasteiger partial charge in [-0.25, -0.2) is 4.39 Å². The van der Waals surface area contributed by atoms with Crippen LogP contribution < -0.4 is 0 Å². The molecular weight excluding hydrogens is 281 g/mol. The summed E-state index contributed by atoms with van der Waals surface area (Å²) >= 11 is 6.27. The van der Waals surface area contributed by atoms with Crippen molar-refractivity contribution in [2.75, 3.05) is 0 Å². The number of nitrogens with zero attached hydrogens (tertiary/aromatic N) is 3. The van der Waals surface area contributed by atoms with Gasteiger partial charge in [0.05, 0.1) is 28.2 Å². The van der Waals surface area contributed by atoms with Gasteiger partial charge in [-0.15, -0.1) is 0 Å². The van der Waals surface area contributed by atoms with Crippen molar-refractivity contribution < 1.29 is 9.50 Å². The van der Waals surface area contributed by atoms with Crippen LogP contribution in [0.3, 0.4) is 0 Å². The molecule has 2 aromatic rings. The molecule has 2 aromatic heterocycles. The topological polar surface area (TPSA) is 50.9 Å². The van der Waals surface area contributed by atoms with E-state index in [1.807, 2.05) is 6.92 Å². The zero-order chi connectivity index (χ0) is 14.9. The second-order valence-corrected chi connectivity index (χ2v) is 5.40. The summed E-state index contributed by atoms with van der Waals surface area (Å²) in [6.07, 6.45) is 3.51. The van der Waals surface area contributed by atoms with Gasteiger partial charge in [0.25, 0.3) is 0 Å². The number of rotatable bonds is 4. The van der Waals surface area contributed by atoms with E-state index in [4.69, 9.17) is 11.6 Å². The van der Waals surface area contributed by atoms with Crippen LogP contribution in [0.1, 0.15) is 30.8 Å². The third-order valence-electron chi connectivity index (χ3n) is 3.34. The molecule has 0 aromatic carbocycles. The largest absolute Gasteiger partial charge is 0.385 e. The highest BCUT2D eigenvalue weighted by Crippen LogP contribution is 2.30. The molecule has 2 heterocycles. The first kappa shape index (κ1) is 14.9. The number of halogens is 2. The second kappa shape index (κ2) is 5.50. The number of hydrogen-bond acceptors (Lipinski definition) is 3. The lowest BCUT2D eigenvalue weighted by atomic mass is 9.92. The summed E-state index contributed by atoms with van der Waals surface area (Å²) in [4.78, 5) is 3.77. The molecule has 1 N–H and O–H groups in total. The minimum Gasteiger partial charge on any atom is -0.385 e. The smallest absolute Gasteiger partial charge is 0.141 e. The van der Waals surface area contributed by atoms with Gasteiger partial charge in [-0.1, -0.05) is 18.5 Å². The Morgan fingerprint density at radius 3 is 2.70 bits per heavy atom. The van der Waals surface area contributed by atoms with Crippen molar-refractivity contribution in [2.24, 2.45) is 7.05 Å². The Morgan fingerprint density at radius 1 is 1.45 bits per heavy atom. The van der Waals surface area contributed by atoms with E-state index in [9.17, 15) is 9.50 Å². The highest BCUT2D eigenvalue weighted by Gasteiger charge is 2.28. The van der Waals surface area contributed by atoms with Crippen LogP contribution in [0.5, 0.6) is 0 Å². The van der Waals surface area contributed by atoms with Crippen LogP contribution in [0.15, 0.2) is 18.5 Å². The van der Waals surface area contributed by atoms with E-state index in [-0.39, 0.29) is 6.42 Å². The van der Waals surface area contributed by atoms with Crippen LogP contribution in [0.25, 0.3) is 0 Å². The predicted molar refractivity (Wildman–Crippen MR) is 75.1 cm³/mol. The number of aliphatic hydroxyl groups is 1. The minimum atomic E-state index is -1.27. The standard InChI is InChI=1S/C14H17ClFN3O/c1-4-11-13(15)12(19(3)18-11)6-14(2,20)9-5-10(16)8-17-7-9/h5,7-8,20H,4,6H2,1-3H3. The highest BCUT2D eigenvalue weighted by molar-refractivity contribution is 6.31. The lowest BCUT2D eigenvalue weighted by molar-refractivity contribution is 0.0549. The van der Waals surface area contributed by atoms with Gasteiger partial charge in [0.15, 0.2) is 0 Å². The minimum absolute atomic E-state index is 0.237. The average molecular weight is 298 g/mol. The SMILES string of the molecule is CCc1nn(C)c(CC(C)(O)c2cncc(F)c2)c1Cl. The zero-order valence-corrected chi connectivity index (χ0v) is 12.4. The van der Waals surface area contributed by atoms with Crippen molar-refractivity contribution in [2.45, 2.75) is 32.3 Å². The zero-order valence-electron chi connectivity index (χ0n) is 11.7. The molecule has 20 heavy (non-hydrogen) atoms. The van der Waals surface area contributed by atoms with E-state index < -0.39 is 11.4 Å². The summed E-state index contributed by atoms with van der Waals surface area (Å²) < 4.78 is 14.9. The summed E-state index contributed by atoms with van der Waals surface area (Å²) in [6.45, 7) is 3.57. The summed E-state index contributed by atoms with van der Waals surface area (Å²) in [7, 11) is 1.78. The van der Waals surface area contributed by atoms with Crippen LogP contribution in [-0.2, 0) is 25.5 Å². The first-order valence-corrected chi connectivity index (χ1v) is 6.76. The van der Waals surface area contributed by atoms with Crippen molar-refractivity contribution in [1.29, 1.82) is 0 Å². The molecule has 0 aliphatic carbocycles. The van der Waals surface area contributed by atoms with Crippen LogP contribution in [0.4, 0.5) is 4.39 Å². The highest BCUT2D eigenvalue weighted by atomic mass is 35.5. The molecule has 0 fully saturated rings. The van der Waals surface area contributed by atoms with Gasteiger partial charge in [0.1, 0.15) is 5.82 Å². The molecule has 0 saturated heterocycles. The van der Waals surface area contributed by atoms with Gasteiger partial charge in [-0.05, 0) is 19.4 Å². The van der Waals surface area contributed by atoms with Crippen molar-refractivity contribution in [3.05, 3.63) is 46.3 Å². The van der Waals surface area contributed by atoms with Gasteiger partial charge >= 0.3 is 0 Å². The van der Waals surface area contributed by atoms with Crippen molar-refractivity contribution in [1.82, 2.24) is 14.8 Å². The Morgan fingerprint density at radius 2 is 2.15 bits per heavy atom. The van der Waals surface area contributed by atoms with Crippen molar-refractivity contribution in [3.63, 3.8) is 0 Å².